The molecule has 4 fully saturated rings. The largest absolute Gasteiger partial charge is 0.508 e. The third-order valence-electron chi connectivity index (χ3n) is 14.2. The average Bonchev–Trinajstić information content (AvgIpc) is 3.94. The second-order valence-electron chi connectivity index (χ2n) is 17.2. The van der Waals surface area contributed by atoms with E-state index in [0.717, 1.165) is 55.6 Å². The van der Waals surface area contributed by atoms with Crippen molar-refractivity contribution in [2.45, 2.75) is 32.6 Å². The number of aromatic hydroxyl groups is 1. The number of aromatic nitrogens is 2. The quantitative estimate of drug-likeness (QED) is 0.136. The number of thiophene rings is 1. The Bertz CT molecular complexity index is 2910. The van der Waals surface area contributed by atoms with Crippen molar-refractivity contribution in [1.82, 2.24) is 9.78 Å². The second kappa shape index (κ2) is 13.9. The lowest BCUT2D eigenvalue weighted by molar-refractivity contribution is -0.131. The molecule has 0 radical (unpaired) electrons. The number of ether oxygens (including phenoxy) is 1. The van der Waals surface area contributed by atoms with Gasteiger partial charge in [-0.3, -0.25) is 28.8 Å². The molecule has 13 heteroatoms. The smallest absolute Gasteiger partial charge is 0.242 e. The first-order chi connectivity index (χ1) is 29.4. The molecule has 2 aromatic heterocycles. The molecule has 0 spiro atoms. The van der Waals surface area contributed by atoms with E-state index in [4.69, 9.17) is 21.4 Å². The number of phenols is 1. The third-order valence-corrected chi connectivity index (χ3v) is 15.7. The number of carbonyl (C=O) groups is 4. The van der Waals surface area contributed by atoms with Gasteiger partial charge < -0.3 is 14.7 Å². The van der Waals surface area contributed by atoms with E-state index in [1.54, 1.807) is 35.2 Å². The number of anilines is 3. The zero-order valence-electron chi connectivity index (χ0n) is 33.8. The van der Waals surface area contributed by atoms with Gasteiger partial charge in [-0.1, -0.05) is 53.6 Å². The lowest BCUT2D eigenvalue weighted by atomic mass is 9.51. The molecule has 6 atom stereocenters. The van der Waals surface area contributed by atoms with Crippen LogP contribution in [0, 0.1) is 36.0 Å². The van der Waals surface area contributed by atoms with E-state index in [2.05, 4.69) is 4.90 Å². The first kappa shape index (κ1) is 38.1. The zero-order valence-corrected chi connectivity index (χ0v) is 35.4. The van der Waals surface area contributed by atoms with Gasteiger partial charge in [-0.15, -0.1) is 11.3 Å². The fourth-order valence-electron chi connectivity index (χ4n) is 11.2. The zero-order chi connectivity index (χ0) is 42.1. The summed E-state index contributed by atoms with van der Waals surface area (Å²) in [5, 5.41) is 20.0. The number of nitrogens with zero attached hydrogens (tertiary/aromatic N) is 5. The highest BCUT2D eigenvalue weighted by Gasteiger charge is 2.68. The van der Waals surface area contributed by atoms with Gasteiger partial charge in [0.05, 0.1) is 46.9 Å². The number of benzene rings is 4. The fourth-order valence-corrected chi connectivity index (χ4v) is 12.6. The van der Waals surface area contributed by atoms with E-state index in [1.165, 1.54) is 9.80 Å². The summed E-state index contributed by atoms with van der Waals surface area (Å²) < 4.78 is 8.15. The molecule has 308 valence electrons. The molecule has 0 unspecified atom stereocenters. The number of hydrogen-bond acceptors (Lipinski definition) is 9. The van der Waals surface area contributed by atoms with Gasteiger partial charge >= 0.3 is 0 Å². The van der Waals surface area contributed by atoms with E-state index in [0.29, 0.717) is 47.4 Å². The summed E-state index contributed by atoms with van der Waals surface area (Å²) in [5.41, 5.74) is 3.13. The number of carbonyl (C=O) groups excluding carboxylic acids is 4. The Hall–Kier alpha value is -5.82. The van der Waals surface area contributed by atoms with Gasteiger partial charge in [0.2, 0.25) is 23.6 Å². The van der Waals surface area contributed by atoms with Crippen LogP contribution in [0.5, 0.6) is 5.75 Å². The highest BCUT2D eigenvalue weighted by atomic mass is 35.5. The van der Waals surface area contributed by atoms with Crippen molar-refractivity contribution in [2.24, 2.45) is 36.1 Å². The number of rotatable bonds is 5. The number of imide groups is 2. The predicted octanol–water partition coefficient (Wildman–Crippen LogP) is 8.39. The number of fused-ring (bicyclic) bond motifs is 6. The lowest BCUT2D eigenvalue weighted by Gasteiger charge is -2.49. The summed E-state index contributed by atoms with van der Waals surface area (Å²) in [6.07, 6.45) is 2.51. The van der Waals surface area contributed by atoms with Gasteiger partial charge in [-0.2, -0.15) is 5.10 Å². The van der Waals surface area contributed by atoms with Gasteiger partial charge in [-0.25, -0.2) is 4.90 Å². The maximum absolute atomic E-state index is 15.4. The number of halogens is 1. The summed E-state index contributed by atoms with van der Waals surface area (Å²) >= 11 is 7.93. The third kappa shape index (κ3) is 5.47. The summed E-state index contributed by atoms with van der Waals surface area (Å²) in [5.74, 6) is -4.59. The van der Waals surface area contributed by atoms with E-state index in [9.17, 15) is 14.7 Å². The Balaban J connectivity index is 1.01. The summed E-state index contributed by atoms with van der Waals surface area (Å²) in [6.45, 7) is 6.65. The molecular formula is C48H42ClN5O6S. The molecule has 2 aliphatic carbocycles. The highest BCUT2D eigenvalue weighted by molar-refractivity contribution is 7.22. The van der Waals surface area contributed by atoms with Crippen LogP contribution in [-0.2, 0) is 31.0 Å². The summed E-state index contributed by atoms with van der Waals surface area (Å²) in [4.78, 5) is 65.5. The summed E-state index contributed by atoms with van der Waals surface area (Å²) in [6, 6.07) is 26.3. The molecule has 11 nitrogen and oxygen atoms in total. The molecule has 4 amide bonds. The van der Waals surface area contributed by atoms with Crippen molar-refractivity contribution >= 4 is 84.6 Å². The Kier molecular flexibility index (Phi) is 8.66. The molecule has 5 aliphatic rings. The number of phenolic OH excluding ortho intramolecular Hbond substituents is 1. The van der Waals surface area contributed by atoms with E-state index in [1.807, 2.05) is 92.7 Å². The molecule has 5 heterocycles. The minimum absolute atomic E-state index is 0.00464. The normalized spacial score (nSPS) is 26.3. The van der Waals surface area contributed by atoms with E-state index >= 15 is 9.59 Å². The molecular weight excluding hydrogens is 810 g/mol. The first-order valence-corrected chi connectivity index (χ1v) is 22.0. The molecule has 61 heavy (non-hydrogen) atoms. The monoisotopic (exact) mass is 851 g/mol. The molecule has 3 saturated heterocycles. The van der Waals surface area contributed by atoms with E-state index < -0.39 is 40.9 Å². The Morgan fingerprint density at radius 3 is 2.39 bits per heavy atom. The number of morpholine rings is 1. The number of hydrogen-bond donors (Lipinski definition) is 1. The van der Waals surface area contributed by atoms with Crippen molar-refractivity contribution in [2.75, 3.05) is 41.0 Å². The minimum Gasteiger partial charge on any atom is -0.508 e. The number of amides is 4. The second-order valence-corrected chi connectivity index (χ2v) is 18.7. The maximum Gasteiger partial charge on any atom is 0.242 e. The van der Waals surface area contributed by atoms with Gasteiger partial charge in [0.1, 0.15) is 17.3 Å². The first-order valence-electron chi connectivity index (χ1n) is 20.8. The van der Waals surface area contributed by atoms with Crippen LogP contribution < -0.4 is 14.7 Å². The molecule has 1 saturated carbocycles. The molecule has 4 aromatic carbocycles. The van der Waals surface area contributed by atoms with Crippen molar-refractivity contribution in [3.05, 3.63) is 113 Å². The van der Waals surface area contributed by atoms with Crippen molar-refractivity contribution in [3.8, 4) is 16.3 Å². The minimum atomic E-state index is -1.36. The van der Waals surface area contributed by atoms with Crippen LogP contribution in [0.2, 0.25) is 5.02 Å². The number of allylic oxidation sites excluding steroid dienone is 2. The van der Waals surface area contributed by atoms with Crippen molar-refractivity contribution in [3.63, 3.8) is 0 Å². The van der Waals surface area contributed by atoms with Gasteiger partial charge in [0.15, 0.2) is 0 Å². The van der Waals surface area contributed by atoms with Crippen LogP contribution in [0.25, 0.3) is 31.4 Å². The van der Waals surface area contributed by atoms with Crippen LogP contribution in [-0.4, -0.2) is 64.8 Å². The van der Waals surface area contributed by atoms with Gasteiger partial charge in [0.25, 0.3) is 0 Å². The van der Waals surface area contributed by atoms with Crippen molar-refractivity contribution in [1.29, 1.82) is 0 Å². The molecule has 0 bridgehead atoms. The standard InChI is InChI=1S/C48H42ClN5O6S/c1-25-33-22-27(49)9-17-38(33)61-43(25)36-24-39(51(3)50-36)54-45(57)35-23-34-31(42(48(35,2)47(54)59)41-30-7-5-4-6-26(30)8-16-37(41)55)14-15-32-40(34)46(58)53(44(32)56)29-12-10-28(11-13-29)52-18-20-60-21-19-52/h4-14,16-17,22,24,32,34-35,40,42,55H,15,18-21,23H2,1-3H3/t32-,34+,35-,40-,42+,48+/m0/s1. The van der Waals surface area contributed by atoms with Crippen LogP contribution in [0.15, 0.2) is 96.6 Å². The average molecular weight is 852 g/mol. The maximum atomic E-state index is 15.4. The van der Waals surface area contributed by atoms with Crippen LogP contribution in [0.4, 0.5) is 17.2 Å². The SMILES string of the molecule is Cc1c(-c2cc(N3C(=O)[C@@H]4C[C@@H]5C(=CC[C@@H]6C(=O)N(c7ccc(N8CCOCC8)cc7)C(=O)[C@@H]65)[C@H](c5c(O)ccc6ccccc56)[C@]4(C)C3=O)n(C)n2)sc2ccc(Cl)cc12. The lowest BCUT2D eigenvalue weighted by Crippen LogP contribution is -2.49. The summed E-state index contributed by atoms with van der Waals surface area (Å²) in [7, 11) is 1.73. The molecule has 1 N–H and O–H groups in total. The molecule has 6 aromatic rings. The molecule has 3 aliphatic heterocycles. The van der Waals surface area contributed by atoms with E-state index in [-0.39, 0.29) is 29.9 Å². The highest BCUT2D eigenvalue weighted by Crippen LogP contribution is 2.65. The Morgan fingerprint density at radius 2 is 1.61 bits per heavy atom. The predicted molar refractivity (Wildman–Crippen MR) is 236 cm³/mol. The Labute approximate surface area is 360 Å². The van der Waals surface area contributed by atoms with Gasteiger partial charge in [-0.05, 0) is 103 Å². The Morgan fingerprint density at radius 1 is 0.852 bits per heavy atom. The van der Waals surface area contributed by atoms with Crippen LogP contribution in [0.3, 0.4) is 0 Å². The number of aryl methyl sites for hydroxylation is 2. The van der Waals surface area contributed by atoms with Crippen LogP contribution in [0.1, 0.15) is 36.8 Å². The van der Waals surface area contributed by atoms with Crippen molar-refractivity contribution < 1.29 is 29.0 Å². The fraction of sp³-hybridized carbons (Fsp3) is 0.312. The molecule has 11 rings (SSSR count). The topological polar surface area (TPSA) is 125 Å². The van der Waals surface area contributed by atoms with Gasteiger partial charge in [0, 0.05) is 53.1 Å². The van der Waals surface area contributed by atoms with Crippen LogP contribution >= 0.6 is 22.9 Å².